The van der Waals surface area contributed by atoms with Crippen molar-refractivity contribution in [3.8, 4) is 5.75 Å². The van der Waals surface area contributed by atoms with Crippen LogP contribution in [0.15, 0.2) is 41.4 Å². The molecule has 0 fully saturated rings. The summed E-state index contributed by atoms with van der Waals surface area (Å²) in [6.07, 6.45) is 1.79. The van der Waals surface area contributed by atoms with Crippen LogP contribution in [-0.2, 0) is 33.9 Å². The Hall–Kier alpha value is -2.89. The summed E-state index contributed by atoms with van der Waals surface area (Å²) in [5.41, 5.74) is 1.58. The van der Waals surface area contributed by atoms with Gasteiger partial charge in [0.15, 0.2) is 16.1 Å². The number of thiazole rings is 1. The molecule has 180 valence electrons. The van der Waals surface area contributed by atoms with E-state index in [1.807, 2.05) is 23.6 Å². The Labute approximate surface area is 210 Å². The van der Waals surface area contributed by atoms with E-state index < -0.39 is 0 Å². The van der Waals surface area contributed by atoms with Gasteiger partial charge in [0.25, 0.3) is 0 Å². The number of thioether (sulfide) groups is 1. The predicted octanol–water partition coefficient (Wildman–Crippen LogP) is 4.30. The van der Waals surface area contributed by atoms with Gasteiger partial charge in [-0.25, -0.2) is 4.98 Å². The molecular weight excluding hydrogens is 498 g/mol. The zero-order chi connectivity index (χ0) is 24.5. The van der Waals surface area contributed by atoms with Crippen molar-refractivity contribution in [3.63, 3.8) is 0 Å². The predicted molar refractivity (Wildman–Crippen MR) is 133 cm³/mol. The highest BCUT2D eigenvalue weighted by Gasteiger charge is 2.16. The van der Waals surface area contributed by atoms with Crippen LogP contribution in [0.4, 0.5) is 5.13 Å². The first-order valence-electron chi connectivity index (χ1n) is 10.3. The first-order valence-corrected chi connectivity index (χ1v) is 12.6. The van der Waals surface area contributed by atoms with Crippen LogP contribution in [0.3, 0.4) is 0 Å². The van der Waals surface area contributed by atoms with Crippen molar-refractivity contribution in [2.75, 3.05) is 17.7 Å². The standard InChI is InChI=1S/C22H24ClN5O4S2/c1-4-8-28-18(11-32-17-9-14(3)6-7-16(17)23)26-27-22(28)34-13-19(29)25-21-24-15(12-33-21)10-20(30)31-5-2/h4,6-7,9,12H,1,5,8,10-11,13H2,2-3H3,(H,24,25,29). The fraction of sp³-hybridized carbons (Fsp3) is 0.318. The number of allylic oxidation sites excluding steroid dienone is 1. The average molecular weight is 522 g/mol. The molecule has 0 aliphatic rings. The number of benzene rings is 1. The lowest BCUT2D eigenvalue weighted by Gasteiger charge is -2.10. The van der Waals surface area contributed by atoms with Gasteiger partial charge >= 0.3 is 5.97 Å². The zero-order valence-electron chi connectivity index (χ0n) is 18.7. The number of halogens is 1. The Kier molecular flexibility index (Phi) is 9.49. The first kappa shape index (κ1) is 25.7. The second kappa shape index (κ2) is 12.5. The van der Waals surface area contributed by atoms with Gasteiger partial charge in [0.05, 0.1) is 29.5 Å². The molecule has 12 heteroatoms. The summed E-state index contributed by atoms with van der Waals surface area (Å²) >= 11 is 8.69. The van der Waals surface area contributed by atoms with Crippen LogP contribution in [0.2, 0.25) is 5.02 Å². The minimum Gasteiger partial charge on any atom is -0.484 e. The molecule has 0 aliphatic carbocycles. The van der Waals surface area contributed by atoms with E-state index in [0.717, 1.165) is 5.56 Å². The molecule has 0 radical (unpaired) electrons. The molecule has 0 saturated heterocycles. The third kappa shape index (κ3) is 7.31. The third-order valence-electron chi connectivity index (χ3n) is 4.31. The molecule has 0 atom stereocenters. The Morgan fingerprint density at radius 1 is 1.35 bits per heavy atom. The molecule has 9 nitrogen and oxygen atoms in total. The molecule has 1 amide bonds. The molecule has 0 aliphatic heterocycles. The maximum Gasteiger partial charge on any atom is 0.311 e. The number of esters is 1. The van der Waals surface area contributed by atoms with E-state index in [1.54, 1.807) is 24.4 Å². The molecule has 2 aromatic heterocycles. The largest absolute Gasteiger partial charge is 0.484 e. The first-order chi connectivity index (χ1) is 16.4. The second-order valence-corrected chi connectivity index (χ2v) is 9.19. The van der Waals surface area contributed by atoms with Gasteiger partial charge in [0, 0.05) is 11.9 Å². The molecule has 3 rings (SSSR count). The summed E-state index contributed by atoms with van der Waals surface area (Å²) in [5, 5.41) is 14.3. The number of amides is 1. The van der Waals surface area contributed by atoms with Crippen molar-refractivity contribution in [2.24, 2.45) is 0 Å². The highest BCUT2D eigenvalue weighted by Crippen LogP contribution is 2.26. The molecule has 0 spiro atoms. The van der Waals surface area contributed by atoms with E-state index in [2.05, 4.69) is 27.1 Å². The topological polar surface area (TPSA) is 108 Å². The summed E-state index contributed by atoms with van der Waals surface area (Å²) in [4.78, 5) is 28.2. The van der Waals surface area contributed by atoms with Gasteiger partial charge in [-0.3, -0.25) is 14.2 Å². The maximum atomic E-state index is 12.4. The number of ether oxygens (including phenoxy) is 2. The molecule has 1 aromatic carbocycles. The number of hydrogen-bond donors (Lipinski definition) is 1. The van der Waals surface area contributed by atoms with Crippen LogP contribution in [0, 0.1) is 6.92 Å². The van der Waals surface area contributed by atoms with Crippen molar-refractivity contribution in [1.82, 2.24) is 19.7 Å². The summed E-state index contributed by atoms with van der Waals surface area (Å²) in [5.74, 6) is 0.650. The van der Waals surface area contributed by atoms with Gasteiger partial charge in [0.2, 0.25) is 5.91 Å². The molecule has 0 saturated carbocycles. The monoisotopic (exact) mass is 521 g/mol. The number of aryl methyl sites for hydroxylation is 1. The van der Waals surface area contributed by atoms with E-state index in [4.69, 9.17) is 21.1 Å². The number of hydrogen-bond acceptors (Lipinski definition) is 9. The fourth-order valence-corrected chi connectivity index (χ4v) is 4.46. The molecular formula is C22H24ClN5O4S2. The van der Waals surface area contributed by atoms with Crippen molar-refractivity contribution in [1.29, 1.82) is 0 Å². The molecule has 0 unspecified atom stereocenters. The van der Waals surface area contributed by atoms with Gasteiger partial charge in [-0.05, 0) is 31.5 Å². The van der Waals surface area contributed by atoms with E-state index in [-0.39, 0.29) is 30.7 Å². The van der Waals surface area contributed by atoms with Crippen LogP contribution in [-0.4, -0.2) is 44.0 Å². The summed E-state index contributed by atoms with van der Waals surface area (Å²) in [6.45, 7) is 8.42. The van der Waals surface area contributed by atoms with E-state index in [1.165, 1.54) is 23.1 Å². The van der Waals surface area contributed by atoms with Gasteiger partial charge in [0.1, 0.15) is 12.4 Å². The van der Waals surface area contributed by atoms with Crippen LogP contribution in [0.5, 0.6) is 5.75 Å². The lowest BCUT2D eigenvalue weighted by molar-refractivity contribution is -0.142. The minimum absolute atomic E-state index is 0.0677. The number of aromatic nitrogens is 4. The third-order valence-corrected chi connectivity index (χ3v) is 6.40. The van der Waals surface area contributed by atoms with Gasteiger partial charge in [-0.2, -0.15) is 0 Å². The molecule has 2 heterocycles. The number of carbonyl (C=O) groups excluding carboxylic acids is 2. The Bertz CT molecular complexity index is 1160. The quantitative estimate of drug-likeness (QED) is 0.213. The Morgan fingerprint density at radius 3 is 2.94 bits per heavy atom. The van der Waals surface area contributed by atoms with Crippen LogP contribution in [0.25, 0.3) is 0 Å². The van der Waals surface area contributed by atoms with Crippen LogP contribution in [0.1, 0.15) is 24.0 Å². The van der Waals surface area contributed by atoms with Crippen molar-refractivity contribution < 1.29 is 19.1 Å². The lowest BCUT2D eigenvalue weighted by atomic mass is 10.2. The normalized spacial score (nSPS) is 10.7. The Morgan fingerprint density at radius 2 is 2.18 bits per heavy atom. The van der Waals surface area contributed by atoms with E-state index in [0.29, 0.717) is 45.7 Å². The van der Waals surface area contributed by atoms with Gasteiger partial charge < -0.3 is 14.8 Å². The van der Waals surface area contributed by atoms with Crippen LogP contribution >= 0.6 is 34.7 Å². The number of rotatable bonds is 12. The average Bonchev–Trinajstić information content (AvgIpc) is 3.39. The highest BCUT2D eigenvalue weighted by molar-refractivity contribution is 7.99. The summed E-state index contributed by atoms with van der Waals surface area (Å²) in [6, 6.07) is 5.54. The number of carbonyl (C=O) groups is 2. The second-order valence-electron chi connectivity index (χ2n) is 6.98. The molecule has 1 N–H and O–H groups in total. The molecule has 3 aromatic rings. The maximum absolute atomic E-state index is 12.4. The SMILES string of the molecule is C=CCn1c(COc2cc(C)ccc2Cl)nnc1SCC(=O)Nc1nc(CC(=O)OCC)cs1. The fourth-order valence-electron chi connectivity index (χ4n) is 2.80. The summed E-state index contributed by atoms with van der Waals surface area (Å²) in [7, 11) is 0. The zero-order valence-corrected chi connectivity index (χ0v) is 21.1. The van der Waals surface area contributed by atoms with Crippen molar-refractivity contribution in [3.05, 3.63) is 58.3 Å². The van der Waals surface area contributed by atoms with Gasteiger partial charge in [-0.15, -0.1) is 28.1 Å². The number of nitrogens with zero attached hydrogens (tertiary/aromatic N) is 4. The highest BCUT2D eigenvalue weighted by atomic mass is 35.5. The Balaban J connectivity index is 1.57. The van der Waals surface area contributed by atoms with Crippen molar-refractivity contribution >= 4 is 51.7 Å². The number of nitrogens with one attached hydrogen (secondary N) is 1. The smallest absolute Gasteiger partial charge is 0.311 e. The summed E-state index contributed by atoms with van der Waals surface area (Å²) < 4.78 is 12.6. The van der Waals surface area contributed by atoms with Crippen LogP contribution < -0.4 is 10.1 Å². The molecule has 0 bridgehead atoms. The van der Waals surface area contributed by atoms with E-state index >= 15 is 0 Å². The van der Waals surface area contributed by atoms with Gasteiger partial charge in [-0.1, -0.05) is 35.5 Å². The van der Waals surface area contributed by atoms with Crippen molar-refractivity contribution in [2.45, 2.75) is 38.6 Å². The lowest BCUT2D eigenvalue weighted by Crippen LogP contribution is -2.15. The molecule has 34 heavy (non-hydrogen) atoms. The minimum atomic E-state index is -0.354. The van der Waals surface area contributed by atoms with E-state index in [9.17, 15) is 9.59 Å². The number of anilines is 1.